The number of hydrogen-bond donors (Lipinski definition) is 2. The summed E-state index contributed by atoms with van der Waals surface area (Å²) in [6.07, 6.45) is 1.44. The maximum Gasteiger partial charge on any atom is 0.263 e. The average Bonchev–Trinajstić information content (AvgIpc) is 3.40. The van der Waals surface area contributed by atoms with Gasteiger partial charge < -0.3 is 14.8 Å². The van der Waals surface area contributed by atoms with Gasteiger partial charge in [0.1, 0.15) is 17.5 Å². The van der Waals surface area contributed by atoms with E-state index in [1.54, 1.807) is 23.6 Å². The number of carbonyl (C=O) groups excluding carboxylic acids is 2. The minimum absolute atomic E-state index is 0.0432. The summed E-state index contributed by atoms with van der Waals surface area (Å²) in [5.41, 5.74) is 0.824. The number of methoxy groups -OCH3 is 2. The molecule has 0 saturated carbocycles. The van der Waals surface area contributed by atoms with Crippen LogP contribution in [0.1, 0.15) is 6.42 Å². The Kier molecular flexibility index (Phi) is 6.20. The molecule has 3 aromatic rings. The van der Waals surface area contributed by atoms with Crippen LogP contribution in [0.3, 0.4) is 0 Å². The second kappa shape index (κ2) is 9.08. The molecule has 1 fully saturated rings. The number of ether oxygens (including phenoxy) is 2. The van der Waals surface area contributed by atoms with Gasteiger partial charge in [0.2, 0.25) is 5.91 Å². The van der Waals surface area contributed by atoms with E-state index in [4.69, 9.17) is 9.47 Å². The molecule has 0 radical (unpaired) electrons. The van der Waals surface area contributed by atoms with Crippen LogP contribution in [-0.4, -0.2) is 45.5 Å². The number of hydrogen-bond acceptors (Lipinski definition) is 9. The Morgan fingerprint density at radius 2 is 1.85 bits per heavy atom. The normalized spacial score (nSPS) is 16.1. The number of carbonyl (C=O) groups is 2. The van der Waals surface area contributed by atoms with Crippen molar-refractivity contribution in [2.75, 3.05) is 29.2 Å². The van der Waals surface area contributed by atoms with Crippen LogP contribution in [0.2, 0.25) is 0 Å². The van der Waals surface area contributed by atoms with Gasteiger partial charge in [0.25, 0.3) is 15.9 Å². The number of nitrogens with zero attached hydrogens (tertiary/aromatic N) is 2. The first-order valence-electron chi connectivity index (χ1n) is 9.70. The molecule has 172 valence electrons. The molecule has 33 heavy (non-hydrogen) atoms. The fourth-order valence-corrected chi connectivity index (χ4v) is 5.14. The summed E-state index contributed by atoms with van der Waals surface area (Å²) in [6, 6.07) is 9.89. The van der Waals surface area contributed by atoms with E-state index in [9.17, 15) is 18.0 Å². The van der Waals surface area contributed by atoms with Crippen molar-refractivity contribution in [2.24, 2.45) is 0 Å². The minimum Gasteiger partial charge on any atom is -0.497 e. The van der Waals surface area contributed by atoms with E-state index in [0.29, 0.717) is 22.9 Å². The Bertz CT molecular complexity index is 1280. The third kappa shape index (κ3) is 4.61. The van der Waals surface area contributed by atoms with Crippen LogP contribution < -0.4 is 24.4 Å². The zero-order valence-corrected chi connectivity index (χ0v) is 19.3. The highest BCUT2D eigenvalue weighted by Crippen LogP contribution is 2.35. The van der Waals surface area contributed by atoms with Gasteiger partial charge in [-0.05, 0) is 36.4 Å². The minimum atomic E-state index is -3.79. The van der Waals surface area contributed by atoms with Gasteiger partial charge in [-0.25, -0.2) is 18.3 Å². The zero-order chi connectivity index (χ0) is 23.6. The number of aromatic nitrogens is 1. The van der Waals surface area contributed by atoms with E-state index >= 15 is 0 Å². The van der Waals surface area contributed by atoms with Gasteiger partial charge in [-0.2, -0.15) is 0 Å². The Balaban J connectivity index is 1.49. The largest absolute Gasteiger partial charge is 0.497 e. The summed E-state index contributed by atoms with van der Waals surface area (Å²) in [6.45, 7) is 0. The van der Waals surface area contributed by atoms with Crippen LogP contribution in [-0.2, 0) is 19.6 Å². The van der Waals surface area contributed by atoms with Crippen molar-refractivity contribution in [3.05, 3.63) is 54.0 Å². The summed E-state index contributed by atoms with van der Waals surface area (Å²) in [5, 5.41) is 4.93. The van der Waals surface area contributed by atoms with Crippen molar-refractivity contribution in [1.82, 2.24) is 4.98 Å². The number of imide groups is 1. The van der Waals surface area contributed by atoms with Crippen molar-refractivity contribution in [3.63, 3.8) is 0 Å². The third-order valence-electron chi connectivity index (χ3n) is 4.93. The Hall–Kier alpha value is -3.64. The molecule has 4 rings (SSSR count). The van der Waals surface area contributed by atoms with E-state index in [1.807, 2.05) is 0 Å². The molecular weight excluding hydrogens is 468 g/mol. The second-order valence-corrected chi connectivity index (χ2v) is 9.55. The summed E-state index contributed by atoms with van der Waals surface area (Å²) in [4.78, 5) is 30.7. The molecule has 0 unspecified atom stereocenters. The number of sulfonamides is 1. The third-order valence-corrected chi connectivity index (χ3v) is 7.11. The van der Waals surface area contributed by atoms with Crippen LogP contribution in [0, 0.1) is 0 Å². The van der Waals surface area contributed by atoms with Crippen molar-refractivity contribution in [2.45, 2.75) is 17.4 Å². The molecule has 2 amide bonds. The fraction of sp³-hybridized carbons (Fsp3) is 0.190. The Labute approximate surface area is 194 Å². The molecule has 1 atom stereocenters. The Morgan fingerprint density at radius 3 is 2.48 bits per heavy atom. The molecule has 0 spiro atoms. The van der Waals surface area contributed by atoms with Crippen molar-refractivity contribution in [1.29, 1.82) is 0 Å². The van der Waals surface area contributed by atoms with E-state index in [0.717, 1.165) is 4.90 Å². The van der Waals surface area contributed by atoms with Gasteiger partial charge >= 0.3 is 0 Å². The molecule has 0 bridgehead atoms. The average molecular weight is 489 g/mol. The SMILES string of the molecule is COc1ccc(N2C(=O)C[C@@H](Nc3ccc(S(=O)(=O)Nc4nccs4)cc3)C2=O)c(OC)c1. The zero-order valence-electron chi connectivity index (χ0n) is 17.6. The van der Waals surface area contributed by atoms with E-state index in [-0.39, 0.29) is 22.4 Å². The maximum absolute atomic E-state index is 13.0. The van der Waals surface area contributed by atoms with Gasteiger partial charge in [0.15, 0.2) is 5.13 Å². The first kappa shape index (κ1) is 22.6. The smallest absolute Gasteiger partial charge is 0.263 e. The Morgan fingerprint density at radius 1 is 1.09 bits per heavy atom. The lowest BCUT2D eigenvalue weighted by Gasteiger charge is -2.19. The highest BCUT2D eigenvalue weighted by atomic mass is 32.2. The summed E-state index contributed by atoms with van der Waals surface area (Å²) in [7, 11) is -0.840. The van der Waals surface area contributed by atoms with Crippen LogP contribution in [0.4, 0.5) is 16.5 Å². The van der Waals surface area contributed by atoms with Gasteiger partial charge in [-0.1, -0.05) is 0 Å². The van der Waals surface area contributed by atoms with E-state index < -0.39 is 22.0 Å². The molecule has 12 heteroatoms. The van der Waals surface area contributed by atoms with Gasteiger partial charge in [0.05, 0.1) is 31.2 Å². The van der Waals surface area contributed by atoms with Gasteiger partial charge in [-0.3, -0.25) is 14.3 Å². The first-order chi connectivity index (χ1) is 15.8. The number of amides is 2. The first-order valence-corrected chi connectivity index (χ1v) is 12.1. The highest BCUT2D eigenvalue weighted by molar-refractivity contribution is 7.93. The summed E-state index contributed by atoms with van der Waals surface area (Å²) in [5.74, 6) is 0.0427. The maximum atomic E-state index is 13.0. The molecule has 2 aromatic carbocycles. The monoisotopic (exact) mass is 488 g/mol. The summed E-state index contributed by atoms with van der Waals surface area (Å²) >= 11 is 1.17. The van der Waals surface area contributed by atoms with E-state index in [1.165, 1.54) is 56.0 Å². The van der Waals surface area contributed by atoms with Crippen LogP contribution in [0.5, 0.6) is 11.5 Å². The van der Waals surface area contributed by atoms with Gasteiger partial charge in [-0.15, -0.1) is 11.3 Å². The van der Waals surface area contributed by atoms with Crippen LogP contribution in [0.15, 0.2) is 58.9 Å². The number of benzene rings is 2. The van der Waals surface area contributed by atoms with Crippen LogP contribution in [0.25, 0.3) is 0 Å². The molecule has 0 aliphatic carbocycles. The molecule has 2 heterocycles. The predicted octanol–water partition coefficient (Wildman–Crippen LogP) is 2.71. The van der Waals surface area contributed by atoms with Crippen molar-refractivity contribution >= 4 is 49.7 Å². The second-order valence-electron chi connectivity index (χ2n) is 6.97. The quantitative estimate of drug-likeness (QED) is 0.464. The molecule has 1 aliphatic heterocycles. The number of thiazole rings is 1. The molecule has 1 aromatic heterocycles. The molecule has 1 aliphatic rings. The molecule has 2 N–H and O–H groups in total. The van der Waals surface area contributed by atoms with Crippen molar-refractivity contribution in [3.8, 4) is 11.5 Å². The lowest BCUT2D eigenvalue weighted by molar-refractivity contribution is -0.121. The standard InChI is InChI=1S/C21H20N4O6S2/c1-30-14-5-8-17(18(11-14)31-2)25-19(26)12-16(20(25)27)23-13-3-6-15(7-4-13)33(28,29)24-21-22-9-10-32-21/h3-11,16,23H,12H2,1-2H3,(H,22,24)/t16-/m1/s1. The van der Waals surface area contributed by atoms with Crippen LogP contribution >= 0.6 is 11.3 Å². The molecule has 1 saturated heterocycles. The van der Waals surface area contributed by atoms with Gasteiger partial charge in [0, 0.05) is 23.3 Å². The van der Waals surface area contributed by atoms with Crippen molar-refractivity contribution < 1.29 is 27.5 Å². The number of rotatable bonds is 8. The summed E-state index contributed by atoms with van der Waals surface area (Å²) < 4.78 is 37.8. The number of nitrogens with one attached hydrogen (secondary N) is 2. The lowest BCUT2D eigenvalue weighted by atomic mass is 10.2. The molecular formula is C21H20N4O6S2. The fourth-order valence-electron chi connectivity index (χ4n) is 3.35. The van der Waals surface area contributed by atoms with E-state index in [2.05, 4.69) is 15.0 Å². The lowest BCUT2D eigenvalue weighted by Crippen LogP contribution is -2.35. The predicted molar refractivity (Wildman–Crippen MR) is 123 cm³/mol. The molecule has 10 nitrogen and oxygen atoms in total. The highest BCUT2D eigenvalue weighted by Gasteiger charge is 2.40. The number of anilines is 3. The topological polar surface area (TPSA) is 127 Å².